The van der Waals surface area contributed by atoms with Gasteiger partial charge in [0.2, 0.25) is 0 Å². The number of nitrogens with one attached hydrogen (secondary N) is 1. The van der Waals surface area contributed by atoms with E-state index in [1.54, 1.807) is 0 Å². The van der Waals surface area contributed by atoms with Crippen molar-refractivity contribution in [3.8, 4) is 0 Å². The molecule has 98 valence electrons. The van der Waals surface area contributed by atoms with Crippen molar-refractivity contribution in [2.24, 2.45) is 0 Å². The first-order valence-corrected chi connectivity index (χ1v) is 6.67. The van der Waals surface area contributed by atoms with E-state index in [1.165, 1.54) is 5.56 Å². The summed E-state index contributed by atoms with van der Waals surface area (Å²) in [6, 6.07) is 10.4. The van der Waals surface area contributed by atoms with Gasteiger partial charge in [0.05, 0.1) is 13.2 Å². The predicted molar refractivity (Wildman–Crippen MR) is 75.6 cm³/mol. The SMILES string of the molecule is C(=C\c1ccccc1)/CNCCN1CCOCC1. The standard InChI is InChI=1S/C15H22N2O/c1-2-5-15(6-3-1)7-4-8-16-9-10-17-11-13-18-14-12-17/h1-7,16H,8-14H2/b7-4+. The summed E-state index contributed by atoms with van der Waals surface area (Å²) >= 11 is 0. The highest BCUT2D eigenvalue weighted by molar-refractivity contribution is 5.48. The van der Waals surface area contributed by atoms with Gasteiger partial charge in [-0.05, 0) is 5.56 Å². The third kappa shape index (κ3) is 5.00. The number of ether oxygens (including phenoxy) is 1. The van der Waals surface area contributed by atoms with Crippen LogP contribution in [0.1, 0.15) is 5.56 Å². The fourth-order valence-corrected chi connectivity index (χ4v) is 2.01. The van der Waals surface area contributed by atoms with Crippen molar-refractivity contribution in [1.82, 2.24) is 10.2 Å². The molecule has 0 spiro atoms. The molecule has 0 aromatic heterocycles. The Bertz CT molecular complexity index is 345. The van der Waals surface area contributed by atoms with Crippen LogP contribution < -0.4 is 5.32 Å². The van der Waals surface area contributed by atoms with Crippen LogP contribution in [0.15, 0.2) is 36.4 Å². The first kappa shape index (κ1) is 13.3. The summed E-state index contributed by atoms with van der Waals surface area (Å²) in [4.78, 5) is 2.44. The van der Waals surface area contributed by atoms with E-state index >= 15 is 0 Å². The molecular weight excluding hydrogens is 224 g/mol. The van der Waals surface area contributed by atoms with Gasteiger partial charge in [-0.15, -0.1) is 0 Å². The van der Waals surface area contributed by atoms with E-state index in [0.29, 0.717) is 0 Å². The third-order valence-corrected chi connectivity index (χ3v) is 3.08. The molecule has 18 heavy (non-hydrogen) atoms. The van der Waals surface area contributed by atoms with Crippen LogP contribution in [0.4, 0.5) is 0 Å². The molecule has 2 rings (SSSR count). The largest absolute Gasteiger partial charge is 0.379 e. The first-order chi connectivity index (χ1) is 8.95. The van der Waals surface area contributed by atoms with Gasteiger partial charge in [-0.25, -0.2) is 0 Å². The third-order valence-electron chi connectivity index (χ3n) is 3.08. The smallest absolute Gasteiger partial charge is 0.0594 e. The van der Waals surface area contributed by atoms with Gasteiger partial charge in [0.25, 0.3) is 0 Å². The van der Waals surface area contributed by atoms with E-state index in [-0.39, 0.29) is 0 Å². The van der Waals surface area contributed by atoms with Gasteiger partial charge in [-0.2, -0.15) is 0 Å². The lowest BCUT2D eigenvalue weighted by Crippen LogP contribution is -2.40. The molecule has 1 aromatic carbocycles. The van der Waals surface area contributed by atoms with Crippen LogP contribution in [0.5, 0.6) is 0 Å². The summed E-state index contributed by atoms with van der Waals surface area (Å²) in [5.41, 5.74) is 1.26. The molecule has 0 saturated carbocycles. The molecule has 1 aliphatic heterocycles. The van der Waals surface area contributed by atoms with Crippen LogP contribution in [-0.4, -0.2) is 50.8 Å². The number of hydrogen-bond acceptors (Lipinski definition) is 3. The number of morpholine rings is 1. The van der Waals surface area contributed by atoms with Crippen molar-refractivity contribution >= 4 is 6.08 Å². The molecule has 3 nitrogen and oxygen atoms in total. The minimum absolute atomic E-state index is 0.883. The summed E-state index contributed by atoms with van der Waals surface area (Å²) in [5, 5.41) is 3.43. The van der Waals surface area contributed by atoms with Crippen molar-refractivity contribution in [1.29, 1.82) is 0 Å². The molecule has 1 heterocycles. The lowest BCUT2D eigenvalue weighted by molar-refractivity contribution is 0.0385. The fraction of sp³-hybridized carbons (Fsp3) is 0.467. The average molecular weight is 246 g/mol. The van der Waals surface area contributed by atoms with Gasteiger partial charge in [-0.3, -0.25) is 4.90 Å². The molecule has 1 fully saturated rings. The van der Waals surface area contributed by atoms with Gasteiger partial charge in [-0.1, -0.05) is 42.5 Å². The molecule has 1 aliphatic rings. The minimum Gasteiger partial charge on any atom is -0.379 e. The van der Waals surface area contributed by atoms with Crippen molar-refractivity contribution in [2.75, 3.05) is 45.9 Å². The maximum Gasteiger partial charge on any atom is 0.0594 e. The fourth-order valence-electron chi connectivity index (χ4n) is 2.01. The second-order valence-electron chi connectivity index (χ2n) is 4.47. The van der Waals surface area contributed by atoms with Crippen molar-refractivity contribution in [3.05, 3.63) is 42.0 Å². The summed E-state index contributed by atoms with van der Waals surface area (Å²) in [5.74, 6) is 0. The minimum atomic E-state index is 0.883. The number of rotatable bonds is 6. The van der Waals surface area contributed by atoms with Crippen LogP contribution in [-0.2, 0) is 4.74 Å². The second kappa shape index (κ2) is 8.03. The van der Waals surface area contributed by atoms with Gasteiger partial charge in [0.15, 0.2) is 0 Å². The Hall–Kier alpha value is -1.16. The summed E-state index contributed by atoms with van der Waals surface area (Å²) in [7, 11) is 0. The van der Waals surface area contributed by atoms with Gasteiger partial charge in [0, 0.05) is 32.7 Å². The van der Waals surface area contributed by atoms with Crippen LogP contribution >= 0.6 is 0 Å². The predicted octanol–water partition coefficient (Wildman–Crippen LogP) is 1.62. The number of benzene rings is 1. The molecule has 0 atom stereocenters. The van der Waals surface area contributed by atoms with Crippen molar-refractivity contribution < 1.29 is 4.74 Å². The lowest BCUT2D eigenvalue weighted by Gasteiger charge is -2.26. The van der Waals surface area contributed by atoms with E-state index < -0.39 is 0 Å². The molecule has 1 N–H and O–H groups in total. The molecule has 1 aromatic rings. The van der Waals surface area contributed by atoms with Crippen LogP contribution in [0.2, 0.25) is 0 Å². The topological polar surface area (TPSA) is 24.5 Å². The summed E-state index contributed by atoms with van der Waals surface area (Å²) in [6.07, 6.45) is 4.33. The van der Waals surface area contributed by atoms with Gasteiger partial charge in [0.1, 0.15) is 0 Å². The molecule has 0 unspecified atom stereocenters. The highest BCUT2D eigenvalue weighted by Gasteiger charge is 2.08. The Labute approximate surface area is 109 Å². The highest BCUT2D eigenvalue weighted by atomic mass is 16.5. The quantitative estimate of drug-likeness (QED) is 0.772. The second-order valence-corrected chi connectivity index (χ2v) is 4.47. The normalized spacial score (nSPS) is 17.3. The summed E-state index contributed by atoms with van der Waals surface area (Å²) < 4.78 is 5.32. The molecule has 1 saturated heterocycles. The van der Waals surface area contributed by atoms with Gasteiger partial charge < -0.3 is 10.1 Å². The van der Waals surface area contributed by atoms with E-state index in [2.05, 4.69) is 46.6 Å². The van der Waals surface area contributed by atoms with Crippen molar-refractivity contribution in [3.63, 3.8) is 0 Å². The average Bonchev–Trinajstić information content (AvgIpc) is 2.45. The summed E-state index contributed by atoms with van der Waals surface area (Å²) in [6.45, 7) is 6.99. The Morgan fingerprint density at radius 1 is 1.17 bits per heavy atom. The van der Waals surface area contributed by atoms with Crippen LogP contribution in [0.3, 0.4) is 0 Å². The zero-order valence-corrected chi connectivity index (χ0v) is 10.8. The van der Waals surface area contributed by atoms with E-state index in [4.69, 9.17) is 4.74 Å². The molecule has 0 amide bonds. The number of hydrogen-bond donors (Lipinski definition) is 1. The van der Waals surface area contributed by atoms with E-state index in [0.717, 1.165) is 45.9 Å². The zero-order valence-electron chi connectivity index (χ0n) is 10.8. The molecule has 0 aliphatic carbocycles. The van der Waals surface area contributed by atoms with Crippen LogP contribution in [0.25, 0.3) is 6.08 Å². The zero-order chi connectivity index (χ0) is 12.5. The first-order valence-electron chi connectivity index (χ1n) is 6.67. The Morgan fingerprint density at radius 2 is 1.94 bits per heavy atom. The van der Waals surface area contributed by atoms with E-state index in [9.17, 15) is 0 Å². The molecule has 0 bridgehead atoms. The van der Waals surface area contributed by atoms with Crippen molar-refractivity contribution in [2.45, 2.75) is 0 Å². The maximum atomic E-state index is 5.32. The Balaban J connectivity index is 1.54. The molecule has 3 heteroatoms. The molecule has 0 radical (unpaired) electrons. The van der Waals surface area contributed by atoms with Crippen LogP contribution in [0, 0.1) is 0 Å². The maximum absolute atomic E-state index is 5.32. The Kier molecular flexibility index (Phi) is 5.92. The number of nitrogens with zero attached hydrogens (tertiary/aromatic N) is 1. The lowest BCUT2D eigenvalue weighted by atomic mass is 10.2. The van der Waals surface area contributed by atoms with E-state index in [1.807, 2.05) is 6.07 Å². The Morgan fingerprint density at radius 3 is 2.72 bits per heavy atom. The van der Waals surface area contributed by atoms with Gasteiger partial charge >= 0.3 is 0 Å². The molecular formula is C15H22N2O. The highest BCUT2D eigenvalue weighted by Crippen LogP contribution is 2.00. The monoisotopic (exact) mass is 246 g/mol.